The Morgan fingerprint density at radius 1 is 1.50 bits per heavy atom. The summed E-state index contributed by atoms with van der Waals surface area (Å²) in [6.07, 6.45) is 0. The van der Waals surface area contributed by atoms with Crippen molar-refractivity contribution >= 4 is 15.9 Å². The van der Waals surface area contributed by atoms with Crippen LogP contribution in [0.2, 0.25) is 0 Å². The first-order valence-electron chi connectivity index (χ1n) is 4.85. The lowest BCUT2D eigenvalue weighted by Crippen LogP contribution is -2.28. The fraction of sp³-hybridized carbons (Fsp3) is 0.455. The van der Waals surface area contributed by atoms with E-state index in [0.29, 0.717) is 12.1 Å². The number of nitrogens with one attached hydrogen (secondary N) is 1. The van der Waals surface area contributed by atoms with E-state index in [1.807, 2.05) is 12.1 Å². The summed E-state index contributed by atoms with van der Waals surface area (Å²) in [5.41, 5.74) is 1.26. The summed E-state index contributed by atoms with van der Waals surface area (Å²) in [6.45, 7) is 5.04. The predicted molar refractivity (Wildman–Crippen MR) is 60.6 cm³/mol. The molecule has 0 saturated carbocycles. The first-order chi connectivity index (χ1) is 6.66. The van der Waals surface area contributed by atoms with E-state index in [1.54, 1.807) is 0 Å². The van der Waals surface area contributed by atoms with Crippen molar-refractivity contribution < 1.29 is 4.74 Å². The minimum absolute atomic E-state index is 0.336. The molecule has 3 heteroatoms. The quantitative estimate of drug-likeness (QED) is 0.878. The van der Waals surface area contributed by atoms with Gasteiger partial charge in [-0.3, -0.25) is 0 Å². The molecule has 1 aromatic carbocycles. The first-order valence-corrected chi connectivity index (χ1v) is 5.64. The number of fused-ring (bicyclic) bond motifs is 1. The van der Waals surface area contributed by atoms with Crippen molar-refractivity contribution in [2.24, 2.45) is 0 Å². The second kappa shape index (κ2) is 3.91. The molecule has 0 fully saturated rings. The molecule has 0 spiro atoms. The monoisotopic (exact) mass is 255 g/mol. The van der Waals surface area contributed by atoms with Crippen molar-refractivity contribution in [2.45, 2.75) is 25.9 Å². The van der Waals surface area contributed by atoms with E-state index in [0.717, 1.165) is 16.8 Å². The van der Waals surface area contributed by atoms with Gasteiger partial charge in [0.1, 0.15) is 12.4 Å². The molecule has 0 aliphatic carbocycles. The summed E-state index contributed by atoms with van der Waals surface area (Å²) in [7, 11) is 0. The van der Waals surface area contributed by atoms with Gasteiger partial charge in [-0.1, -0.05) is 29.8 Å². The zero-order valence-electron chi connectivity index (χ0n) is 8.38. The number of hydrogen-bond donors (Lipinski definition) is 1. The normalized spacial score (nSPS) is 19.6. The molecular weight excluding hydrogens is 242 g/mol. The van der Waals surface area contributed by atoms with Crippen LogP contribution in [0, 0.1) is 0 Å². The molecule has 2 rings (SSSR count). The lowest BCUT2D eigenvalue weighted by atomic mass is 10.1. The summed E-state index contributed by atoms with van der Waals surface area (Å²) in [5.74, 6) is 1.01. The van der Waals surface area contributed by atoms with Gasteiger partial charge in [0.05, 0.1) is 6.04 Å². The standard InChI is InChI=1S/C11H14BrNO/c1-7(2)13-10-6-14-11-4-3-8(12)5-9(10)11/h3-5,7,10,13H,6H2,1-2H3. The van der Waals surface area contributed by atoms with Crippen LogP contribution < -0.4 is 10.1 Å². The van der Waals surface area contributed by atoms with Gasteiger partial charge in [-0.2, -0.15) is 0 Å². The second-order valence-corrected chi connectivity index (χ2v) is 4.78. The van der Waals surface area contributed by atoms with Crippen molar-refractivity contribution in [2.75, 3.05) is 6.61 Å². The fourth-order valence-corrected chi connectivity index (χ4v) is 2.11. The third kappa shape index (κ3) is 1.93. The first kappa shape index (κ1) is 9.99. The number of rotatable bonds is 2. The van der Waals surface area contributed by atoms with Gasteiger partial charge >= 0.3 is 0 Å². The van der Waals surface area contributed by atoms with Gasteiger partial charge in [-0.05, 0) is 18.2 Å². The molecule has 1 heterocycles. The molecule has 76 valence electrons. The molecule has 0 aromatic heterocycles. The lowest BCUT2D eigenvalue weighted by molar-refractivity contribution is 0.303. The van der Waals surface area contributed by atoms with Crippen LogP contribution in [0.4, 0.5) is 0 Å². The maximum atomic E-state index is 5.58. The molecule has 0 saturated heterocycles. The number of ether oxygens (including phenoxy) is 1. The van der Waals surface area contributed by atoms with E-state index >= 15 is 0 Å². The Morgan fingerprint density at radius 2 is 2.29 bits per heavy atom. The van der Waals surface area contributed by atoms with Crippen LogP contribution in [-0.4, -0.2) is 12.6 Å². The van der Waals surface area contributed by atoms with Gasteiger partial charge < -0.3 is 10.1 Å². The zero-order valence-corrected chi connectivity index (χ0v) is 9.97. The summed E-state index contributed by atoms with van der Waals surface area (Å²) in [4.78, 5) is 0. The van der Waals surface area contributed by atoms with Gasteiger partial charge in [-0.15, -0.1) is 0 Å². The lowest BCUT2D eigenvalue weighted by Gasteiger charge is -2.14. The highest BCUT2D eigenvalue weighted by molar-refractivity contribution is 9.10. The number of hydrogen-bond acceptors (Lipinski definition) is 2. The Kier molecular flexibility index (Phi) is 2.79. The molecule has 1 N–H and O–H groups in total. The summed E-state index contributed by atoms with van der Waals surface area (Å²) >= 11 is 3.48. The Hall–Kier alpha value is -0.540. The van der Waals surface area contributed by atoms with Crippen LogP contribution in [0.5, 0.6) is 5.75 Å². The van der Waals surface area contributed by atoms with Crippen molar-refractivity contribution in [3.63, 3.8) is 0 Å². The van der Waals surface area contributed by atoms with E-state index in [-0.39, 0.29) is 0 Å². The van der Waals surface area contributed by atoms with Gasteiger partial charge in [-0.25, -0.2) is 0 Å². The van der Waals surface area contributed by atoms with E-state index in [2.05, 4.69) is 41.2 Å². The third-order valence-corrected chi connectivity index (χ3v) is 2.78. The smallest absolute Gasteiger partial charge is 0.124 e. The van der Waals surface area contributed by atoms with Crippen molar-refractivity contribution in [1.82, 2.24) is 5.32 Å². The molecular formula is C11H14BrNO. The summed E-state index contributed by atoms with van der Waals surface area (Å²) in [5, 5.41) is 3.48. The average molecular weight is 256 g/mol. The topological polar surface area (TPSA) is 21.3 Å². The SMILES string of the molecule is CC(C)NC1COc2ccc(Br)cc21. The summed E-state index contributed by atoms with van der Waals surface area (Å²) in [6, 6.07) is 6.97. The van der Waals surface area contributed by atoms with Crippen LogP contribution >= 0.6 is 15.9 Å². The highest BCUT2D eigenvalue weighted by atomic mass is 79.9. The minimum Gasteiger partial charge on any atom is -0.491 e. The summed E-state index contributed by atoms with van der Waals surface area (Å²) < 4.78 is 6.69. The average Bonchev–Trinajstić information content (AvgIpc) is 2.47. The van der Waals surface area contributed by atoms with Gasteiger partial charge in [0.2, 0.25) is 0 Å². The number of halogens is 1. The van der Waals surface area contributed by atoms with Gasteiger partial charge in [0, 0.05) is 16.1 Å². The highest BCUT2D eigenvalue weighted by Crippen LogP contribution is 2.34. The molecule has 1 unspecified atom stereocenters. The van der Waals surface area contributed by atoms with Crippen LogP contribution in [-0.2, 0) is 0 Å². The Balaban J connectivity index is 2.24. The maximum Gasteiger partial charge on any atom is 0.124 e. The fourth-order valence-electron chi connectivity index (χ4n) is 1.73. The molecule has 2 nitrogen and oxygen atoms in total. The van der Waals surface area contributed by atoms with Crippen LogP contribution in [0.3, 0.4) is 0 Å². The van der Waals surface area contributed by atoms with Crippen LogP contribution in [0.25, 0.3) is 0 Å². The van der Waals surface area contributed by atoms with E-state index in [9.17, 15) is 0 Å². The van der Waals surface area contributed by atoms with Crippen LogP contribution in [0.15, 0.2) is 22.7 Å². The third-order valence-electron chi connectivity index (χ3n) is 2.29. The minimum atomic E-state index is 0.336. The molecule has 1 aromatic rings. The van der Waals surface area contributed by atoms with Crippen molar-refractivity contribution in [1.29, 1.82) is 0 Å². The van der Waals surface area contributed by atoms with Gasteiger partial charge in [0.25, 0.3) is 0 Å². The van der Waals surface area contributed by atoms with E-state index in [4.69, 9.17) is 4.74 Å². The number of benzene rings is 1. The van der Waals surface area contributed by atoms with E-state index in [1.165, 1.54) is 5.56 Å². The Labute approximate surface area is 92.8 Å². The molecule has 14 heavy (non-hydrogen) atoms. The van der Waals surface area contributed by atoms with Gasteiger partial charge in [0.15, 0.2) is 0 Å². The molecule has 0 amide bonds. The molecule has 1 aliphatic rings. The Morgan fingerprint density at radius 3 is 3.00 bits per heavy atom. The van der Waals surface area contributed by atoms with E-state index < -0.39 is 0 Å². The predicted octanol–water partition coefficient (Wildman–Crippen LogP) is 2.88. The molecule has 1 aliphatic heterocycles. The zero-order chi connectivity index (χ0) is 10.1. The second-order valence-electron chi connectivity index (χ2n) is 3.87. The molecule has 1 atom stereocenters. The molecule has 0 radical (unpaired) electrons. The maximum absolute atomic E-state index is 5.58. The van der Waals surface area contributed by atoms with Crippen molar-refractivity contribution in [3.05, 3.63) is 28.2 Å². The Bertz CT molecular complexity index is 338. The van der Waals surface area contributed by atoms with Crippen molar-refractivity contribution in [3.8, 4) is 5.75 Å². The highest BCUT2D eigenvalue weighted by Gasteiger charge is 2.24. The van der Waals surface area contributed by atoms with Crippen LogP contribution in [0.1, 0.15) is 25.5 Å². The molecule has 0 bridgehead atoms. The largest absolute Gasteiger partial charge is 0.491 e.